The van der Waals surface area contributed by atoms with Gasteiger partial charge in [-0.2, -0.15) is 15.1 Å². The molecule has 0 unspecified atom stereocenters. The van der Waals surface area contributed by atoms with Crippen LogP contribution >= 0.6 is 11.8 Å². The smallest absolute Gasteiger partial charge is 0.283 e. The molecule has 0 radical (unpaired) electrons. The normalized spacial score (nSPS) is 17.7. The summed E-state index contributed by atoms with van der Waals surface area (Å²) in [4.78, 5) is 22.7. The first-order chi connectivity index (χ1) is 13.0. The molecule has 0 saturated carbocycles. The standard InChI is InChI=1S/C19H16N6OS/c1-24(2)14-7-5-12(6-8-14)10-15-16(20)25-19(22-17(15)26)27-18(23-25)13-4-3-9-21-11-13/h3-11,20H,1-2H3. The minimum Gasteiger partial charge on any atom is -0.378 e. The molecule has 1 aromatic carbocycles. The zero-order valence-corrected chi connectivity index (χ0v) is 15.6. The highest BCUT2D eigenvalue weighted by Gasteiger charge is 2.36. The quantitative estimate of drug-likeness (QED) is 0.833. The van der Waals surface area contributed by atoms with E-state index in [9.17, 15) is 4.79 Å². The molecular weight excluding hydrogens is 360 g/mol. The van der Waals surface area contributed by atoms with Crippen LogP contribution in [0.2, 0.25) is 0 Å². The molecule has 4 rings (SSSR count). The first-order valence-corrected chi connectivity index (χ1v) is 9.02. The summed E-state index contributed by atoms with van der Waals surface area (Å²) in [6.07, 6.45) is 5.05. The van der Waals surface area contributed by atoms with Crippen LogP contribution in [0.25, 0.3) is 6.08 Å². The largest absolute Gasteiger partial charge is 0.378 e. The van der Waals surface area contributed by atoms with Crippen molar-refractivity contribution in [2.24, 2.45) is 10.1 Å². The van der Waals surface area contributed by atoms with Crippen molar-refractivity contribution in [3.63, 3.8) is 0 Å². The average molecular weight is 376 g/mol. The van der Waals surface area contributed by atoms with Crippen LogP contribution < -0.4 is 4.90 Å². The molecule has 7 nitrogen and oxygen atoms in total. The fraction of sp³-hybridized carbons (Fsp3) is 0.105. The molecule has 1 aromatic heterocycles. The van der Waals surface area contributed by atoms with Crippen molar-refractivity contribution in [2.75, 3.05) is 19.0 Å². The summed E-state index contributed by atoms with van der Waals surface area (Å²) in [5, 5.41) is 15.3. The van der Waals surface area contributed by atoms with Crippen molar-refractivity contribution in [3.05, 3.63) is 65.5 Å². The van der Waals surface area contributed by atoms with Gasteiger partial charge >= 0.3 is 0 Å². The predicted molar refractivity (Wildman–Crippen MR) is 109 cm³/mol. The minimum absolute atomic E-state index is 0.0214. The number of aliphatic imine (C=N–C) groups is 1. The number of nitrogens with zero attached hydrogens (tertiary/aromatic N) is 5. The summed E-state index contributed by atoms with van der Waals surface area (Å²) in [5.74, 6) is -0.411. The van der Waals surface area contributed by atoms with Gasteiger partial charge in [0.05, 0.1) is 5.57 Å². The monoisotopic (exact) mass is 376 g/mol. The molecule has 3 heterocycles. The molecule has 0 atom stereocenters. The number of benzene rings is 1. The Morgan fingerprint density at radius 1 is 1.19 bits per heavy atom. The molecule has 2 aliphatic heterocycles. The number of carbonyl (C=O) groups excluding carboxylic acids is 1. The second-order valence-electron chi connectivity index (χ2n) is 6.15. The third-order valence-corrected chi connectivity index (χ3v) is 5.04. The lowest BCUT2D eigenvalue weighted by Gasteiger charge is -2.20. The average Bonchev–Trinajstić information content (AvgIpc) is 3.10. The van der Waals surface area contributed by atoms with Gasteiger partial charge in [-0.15, -0.1) is 0 Å². The molecule has 2 aromatic rings. The summed E-state index contributed by atoms with van der Waals surface area (Å²) in [6.45, 7) is 0. The minimum atomic E-state index is -0.432. The molecule has 27 heavy (non-hydrogen) atoms. The maximum absolute atomic E-state index is 12.5. The van der Waals surface area contributed by atoms with Crippen LogP contribution in [0.3, 0.4) is 0 Å². The molecule has 1 N–H and O–H groups in total. The van der Waals surface area contributed by atoms with Crippen LogP contribution in [0.5, 0.6) is 0 Å². The van der Waals surface area contributed by atoms with E-state index in [0.29, 0.717) is 10.2 Å². The van der Waals surface area contributed by atoms with E-state index in [1.54, 1.807) is 18.5 Å². The second-order valence-corrected chi connectivity index (χ2v) is 7.11. The van der Waals surface area contributed by atoms with Gasteiger partial charge in [0.2, 0.25) is 5.17 Å². The van der Waals surface area contributed by atoms with E-state index in [2.05, 4.69) is 15.1 Å². The highest BCUT2D eigenvalue weighted by Crippen LogP contribution is 2.30. The zero-order valence-electron chi connectivity index (χ0n) is 14.7. The number of thioether (sulfide) groups is 1. The molecule has 0 spiro atoms. The number of nitrogens with one attached hydrogen (secondary N) is 1. The van der Waals surface area contributed by atoms with Gasteiger partial charge in [-0.25, -0.2) is 0 Å². The summed E-state index contributed by atoms with van der Waals surface area (Å²) < 4.78 is 0. The van der Waals surface area contributed by atoms with Gasteiger partial charge in [-0.05, 0) is 47.7 Å². The van der Waals surface area contributed by atoms with E-state index in [1.165, 1.54) is 16.8 Å². The molecule has 0 saturated heterocycles. The van der Waals surface area contributed by atoms with Gasteiger partial charge in [0.1, 0.15) is 5.04 Å². The number of hydrogen-bond donors (Lipinski definition) is 1. The van der Waals surface area contributed by atoms with E-state index in [-0.39, 0.29) is 11.4 Å². The molecule has 0 aliphatic carbocycles. The van der Waals surface area contributed by atoms with Crippen molar-refractivity contribution in [1.29, 1.82) is 5.41 Å². The van der Waals surface area contributed by atoms with Gasteiger partial charge in [0.25, 0.3) is 5.91 Å². The topological polar surface area (TPSA) is 85.0 Å². The Hall–Kier alpha value is -3.26. The number of aromatic nitrogens is 1. The molecule has 8 heteroatoms. The van der Waals surface area contributed by atoms with Crippen molar-refractivity contribution >= 4 is 45.5 Å². The third-order valence-electron chi connectivity index (χ3n) is 4.08. The summed E-state index contributed by atoms with van der Waals surface area (Å²) >= 11 is 1.26. The second kappa shape index (κ2) is 6.81. The number of rotatable bonds is 3. The molecule has 1 amide bonds. The lowest BCUT2D eigenvalue weighted by atomic mass is 10.1. The van der Waals surface area contributed by atoms with E-state index in [0.717, 1.165) is 16.8 Å². The number of fused-ring (bicyclic) bond motifs is 1. The Labute approximate surface area is 160 Å². The van der Waals surface area contributed by atoms with Crippen LogP contribution in [0, 0.1) is 5.41 Å². The van der Waals surface area contributed by atoms with Crippen molar-refractivity contribution in [1.82, 2.24) is 9.99 Å². The zero-order chi connectivity index (χ0) is 19.0. The molecule has 134 valence electrons. The predicted octanol–water partition coefficient (Wildman–Crippen LogP) is 2.82. The number of pyridine rings is 1. The van der Waals surface area contributed by atoms with E-state index < -0.39 is 5.91 Å². The van der Waals surface area contributed by atoms with Gasteiger partial charge in [-0.3, -0.25) is 15.2 Å². The first-order valence-electron chi connectivity index (χ1n) is 8.21. The molecule has 0 fully saturated rings. The van der Waals surface area contributed by atoms with Crippen LogP contribution in [0.1, 0.15) is 11.1 Å². The number of carbonyl (C=O) groups is 1. The highest BCUT2D eigenvalue weighted by atomic mass is 32.2. The van der Waals surface area contributed by atoms with Crippen LogP contribution in [-0.4, -0.2) is 46.0 Å². The Morgan fingerprint density at radius 3 is 2.63 bits per heavy atom. The van der Waals surface area contributed by atoms with Crippen LogP contribution in [0.15, 0.2) is 64.5 Å². The number of amidine groups is 2. The molecule has 2 aliphatic rings. The fourth-order valence-electron chi connectivity index (χ4n) is 2.63. The van der Waals surface area contributed by atoms with Crippen molar-refractivity contribution < 1.29 is 4.79 Å². The Morgan fingerprint density at radius 2 is 1.96 bits per heavy atom. The number of anilines is 1. The Bertz CT molecular complexity index is 1010. The van der Waals surface area contributed by atoms with Gasteiger partial charge in [-0.1, -0.05) is 12.1 Å². The number of amides is 1. The van der Waals surface area contributed by atoms with Gasteiger partial charge in [0, 0.05) is 37.7 Å². The number of hydrogen-bond acceptors (Lipinski definition) is 6. The third kappa shape index (κ3) is 3.26. The van der Waals surface area contributed by atoms with Crippen molar-refractivity contribution in [2.45, 2.75) is 0 Å². The summed E-state index contributed by atoms with van der Waals surface area (Å²) in [6, 6.07) is 11.4. The maximum Gasteiger partial charge on any atom is 0.283 e. The van der Waals surface area contributed by atoms with Crippen LogP contribution in [-0.2, 0) is 4.79 Å². The molecular formula is C19H16N6OS. The number of hydrazone groups is 1. The maximum atomic E-state index is 12.5. The van der Waals surface area contributed by atoms with Crippen LogP contribution in [0.4, 0.5) is 5.69 Å². The van der Waals surface area contributed by atoms with E-state index in [4.69, 9.17) is 5.41 Å². The Kier molecular flexibility index (Phi) is 4.33. The lowest BCUT2D eigenvalue weighted by molar-refractivity contribution is -0.114. The van der Waals surface area contributed by atoms with Crippen molar-refractivity contribution in [3.8, 4) is 0 Å². The fourth-order valence-corrected chi connectivity index (χ4v) is 3.51. The van der Waals surface area contributed by atoms with Gasteiger partial charge in [0.15, 0.2) is 5.84 Å². The lowest BCUT2D eigenvalue weighted by Crippen LogP contribution is -2.35. The van der Waals surface area contributed by atoms with E-state index >= 15 is 0 Å². The summed E-state index contributed by atoms with van der Waals surface area (Å²) in [5.41, 5.74) is 2.93. The first kappa shape index (κ1) is 17.2. The Balaban J connectivity index is 1.65. The van der Waals surface area contributed by atoms with E-state index in [1.807, 2.05) is 55.4 Å². The SMILES string of the molecule is CN(C)c1ccc(C=C2C(=N)N3N=C(c4cccnc4)SC3=NC2=O)cc1. The molecule has 0 bridgehead atoms. The van der Waals surface area contributed by atoms with Gasteiger partial charge < -0.3 is 4.90 Å². The highest BCUT2D eigenvalue weighted by molar-refractivity contribution is 8.27. The summed E-state index contributed by atoms with van der Waals surface area (Å²) in [7, 11) is 3.93.